The van der Waals surface area contributed by atoms with E-state index in [1.54, 1.807) is 0 Å². The number of nitrogens with zero attached hydrogens (tertiary/aromatic N) is 2. The van der Waals surface area contributed by atoms with E-state index in [0.717, 1.165) is 25.0 Å². The first-order valence-electron chi connectivity index (χ1n) is 7.36. The van der Waals surface area contributed by atoms with Gasteiger partial charge in [0.1, 0.15) is 5.75 Å². The molecule has 128 valence electrons. The second-order valence-corrected chi connectivity index (χ2v) is 4.92. The summed E-state index contributed by atoms with van der Waals surface area (Å²) in [5, 5.41) is 2.63. The number of benzene rings is 1. The molecular formula is C16H16F3N3O2. The van der Waals surface area contributed by atoms with Crippen LogP contribution in [0.4, 0.5) is 13.2 Å². The highest BCUT2D eigenvalue weighted by molar-refractivity contribution is 5.94. The van der Waals surface area contributed by atoms with Crippen LogP contribution >= 0.6 is 0 Å². The maximum atomic E-state index is 13.0. The summed E-state index contributed by atoms with van der Waals surface area (Å²) in [4.78, 5) is 19.8. The normalized spacial score (nSPS) is 11.2. The van der Waals surface area contributed by atoms with Gasteiger partial charge in [-0.15, -0.1) is 0 Å². The molecule has 0 fully saturated rings. The van der Waals surface area contributed by atoms with E-state index in [0.29, 0.717) is 6.54 Å². The van der Waals surface area contributed by atoms with Crippen molar-refractivity contribution in [1.29, 1.82) is 0 Å². The Morgan fingerprint density at radius 3 is 2.62 bits per heavy atom. The van der Waals surface area contributed by atoms with Crippen LogP contribution in [0.2, 0.25) is 0 Å². The Hall–Kier alpha value is -2.64. The molecule has 1 heterocycles. The molecule has 0 aliphatic rings. The van der Waals surface area contributed by atoms with E-state index in [-0.39, 0.29) is 11.6 Å². The molecule has 0 saturated heterocycles. The van der Waals surface area contributed by atoms with Crippen molar-refractivity contribution in [2.24, 2.45) is 0 Å². The number of nitrogens with one attached hydrogen (secondary N) is 1. The third-order valence-electron chi connectivity index (χ3n) is 3.09. The van der Waals surface area contributed by atoms with Crippen LogP contribution < -0.4 is 10.1 Å². The number of rotatable bonds is 6. The number of hydrogen-bond donors (Lipinski definition) is 1. The third kappa shape index (κ3) is 4.43. The molecule has 24 heavy (non-hydrogen) atoms. The number of alkyl halides is 3. The van der Waals surface area contributed by atoms with E-state index in [2.05, 4.69) is 15.3 Å². The minimum Gasteiger partial charge on any atom is -0.436 e. The lowest BCUT2D eigenvalue weighted by molar-refractivity contribution is -0.138. The molecule has 0 atom stereocenters. The second-order valence-electron chi connectivity index (χ2n) is 4.92. The summed E-state index contributed by atoms with van der Waals surface area (Å²) in [6.07, 6.45) is -0.393. The number of carbonyl (C=O) groups is 1. The van der Waals surface area contributed by atoms with E-state index in [1.165, 1.54) is 24.5 Å². The van der Waals surface area contributed by atoms with Crippen molar-refractivity contribution >= 4 is 5.91 Å². The van der Waals surface area contributed by atoms with Crippen molar-refractivity contribution in [2.45, 2.75) is 25.9 Å². The predicted molar refractivity (Wildman–Crippen MR) is 80.8 cm³/mol. The van der Waals surface area contributed by atoms with Crippen LogP contribution in [0.1, 0.15) is 35.8 Å². The molecule has 8 heteroatoms. The fourth-order valence-corrected chi connectivity index (χ4v) is 1.91. The number of ether oxygens (including phenoxy) is 1. The van der Waals surface area contributed by atoms with Gasteiger partial charge in [0.05, 0.1) is 5.56 Å². The van der Waals surface area contributed by atoms with E-state index < -0.39 is 23.4 Å². The molecule has 2 aromatic rings. The first-order valence-corrected chi connectivity index (χ1v) is 7.36. The molecule has 0 saturated carbocycles. The number of para-hydroxylation sites is 1. The summed E-state index contributed by atoms with van der Waals surface area (Å²) < 4.78 is 44.3. The smallest absolute Gasteiger partial charge is 0.419 e. The lowest BCUT2D eigenvalue weighted by Crippen LogP contribution is -2.26. The van der Waals surface area contributed by atoms with Crippen molar-refractivity contribution in [1.82, 2.24) is 15.3 Å². The Labute approximate surface area is 136 Å². The minimum atomic E-state index is -4.58. The number of aromatic nitrogens is 2. The number of hydrogen-bond acceptors (Lipinski definition) is 4. The summed E-state index contributed by atoms with van der Waals surface area (Å²) in [5.74, 6) is -1.26. The van der Waals surface area contributed by atoms with E-state index in [1.807, 2.05) is 6.92 Å². The van der Waals surface area contributed by atoms with Crippen molar-refractivity contribution in [2.75, 3.05) is 6.54 Å². The highest BCUT2D eigenvalue weighted by Gasteiger charge is 2.34. The maximum Gasteiger partial charge on any atom is 0.419 e. The molecule has 0 aliphatic carbocycles. The zero-order chi connectivity index (χ0) is 17.6. The summed E-state index contributed by atoms with van der Waals surface area (Å²) in [7, 11) is 0. The van der Waals surface area contributed by atoms with Gasteiger partial charge < -0.3 is 10.1 Å². The van der Waals surface area contributed by atoms with Crippen LogP contribution in [0.25, 0.3) is 0 Å². The van der Waals surface area contributed by atoms with Gasteiger partial charge >= 0.3 is 6.18 Å². The van der Waals surface area contributed by atoms with Gasteiger partial charge in [-0.05, 0) is 18.6 Å². The number of halogens is 3. The average Bonchev–Trinajstić information content (AvgIpc) is 2.55. The Balaban J connectivity index is 2.27. The van der Waals surface area contributed by atoms with Crippen molar-refractivity contribution in [3.63, 3.8) is 0 Å². The van der Waals surface area contributed by atoms with Gasteiger partial charge in [-0.25, -0.2) is 9.97 Å². The summed E-state index contributed by atoms with van der Waals surface area (Å²) >= 11 is 0. The molecule has 0 bridgehead atoms. The van der Waals surface area contributed by atoms with Crippen molar-refractivity contribution < 1.29 is 22.7 Å². The molecule has 1 aromatic carbocycles. The molecule has 1 aromatic heterocycles. The van der Waals surface area contributed by atoms with Gasteiger partial charge in [-0.3, -0.25) is 4.79 Å². The third-order valence-corrected chi connectivity index (χ3v) is 3.09. The summed E-state index contributed by atoms with van der Waals surface area (Å²) in [6, 6.07) is 4.72. The zero-order valence-corrected chi connectivity index (χ0v) is 12.9. The van der Waals surface area contributed by atoms with Gasteiger partial charge in [0.15, 0.2) is 5.69 Å². The van der Waals surface area contributed by atoms with Gasteiger partial charge in [0.25, 0.3) is 11.8 Å². The molecular weight excluding hydrogens is 323 g/mol. The van der Waals surface area contributed by atoms with Crippen LogP contribution in [0.3, 0.4) is 0 Å². The average molecular weight is 339 g/mol. The first-order chi connectivity index (χ1) is 11.4. The van der Waals surface area contributed by atoms with Crippen molar-refractivity contribution in [3.05, 3.63) is 47.9 Å². The van der Waals surface area contributed by atoms with Gasteiger partial charge in [-0.2, -0.15) is 13.2 Å². The second kappa shape index (κ2) is 7.76. The Bertz CT molecular complexity index is 705. The van der Waals surface area contributed by atoms with Gasteiger partial charge in [0.2, 0.25) is 0 Å². The Morgan fingerprint density at radius 2 is 1.92 bits per heavy atom. The topological polar surface area (TPSA) is 64.1 Å². The van der Waals surface area contributed by atoms with Crippen LogP contribution in [-0.4, -0.2) is 22.4 Å². The first kappa shape index (κ1) is 17.7. The maximum absolute atomic E-state index is 13.0. The monoisotopic (exact) mass is 339 g/mol. The number of amides is 1. The van der Waals surface area contributed by atoms with E-state index >= 15 is 0 Å². The fraction of sp³-hybridized carbons (Fsp3) is 0.312. The Kier molecular flexibility index (Phi) is 5.73. The molecule has 0 unspecified atom stereocenters. The van der Waals surface area contributed by atoms with E-state index in [4.69, 9.17) is 4.74 Å². The van der Waals surface area contributed by atoms with Crippen LogP contribution in [-0.2, 0) is 6.18 Å². The summed E-state index contributed by atoms with van der Waals surface area (Å²) in [6.45, 7) is 2.40. The quantitative estimate of drug-likeness (QED) is 0.813. The highest BCUT2D eigenvalue weighted by Crippen LogP contribution is 2.37. The van der Waals surface area contributed by atoms with Crippen molar-refractivity contribution in [3.8, 4) is 11.6 Å². The summed E-state index contributed by atoms with van der Waals surface area (Å²) in [5.41, 5.74) is -1.11. The molecule has 0 spiro atoms. The predicted octanol–water partition coefficient (Wildman–Crippen LogP) is 3.82. The molecule has 0 aliphatic heterocycles. The largest absolute Gasteiger partial charge is 0.436 e. The zero-order valence-electron chi connectivity index (χ0n) is 12.9. The van der Waals surface area contributed by atoms with Gasteiger partial charge in [0, 0.05) is 18.9 Å². The SMILES string of the molecule is CCCCNC(=O)c1nccnc1Oc1ccccc1C(F)(F)F. The van der Waals surface area contributed by atoms with E-state index in [9.17, 15) is 18.0 Å². The van der Waals surface area contributed by atoms with Crippen LogP contribution in [0.5, 0.6) is 11.6 Å². The highest BCUT2D eigenvalue weighted by atomic mass is 19.4. The molecule has 0 radical (unpaired) electrons. The van der Waals surface area contributed by atoms with Crippen LogP contribution in [0, 0.1) is 0 Å². The number of unbranched alkanes of at least 4 members (excludes halogenated alkanes) is 1. The molecule has 5 nitrogen and oxygen atoms in total. The standard InChI is InChI=1S/C16H16F3N3O2/c1-2-3-8-21-14(23)13-15(22-10-9-20-13)24-12-7-5-4-6-11(12)16(17,18)19/h4-7,9-10H,2-3,8H2,1H3,(H,21,23). The molecule has 1 N–H and O–H groups in total. The fourth-order valence-electron chi connectivity index (χ4n) is 1.91. The van der Waals surface area contributed by atoms with Gasteiger partial charge in [-0.1, -0.05) is 25.5 Å². The lowest BCUT2D eigenvalue weighted by Gasteiger charge is -2.14. The molecule has 2 rings (SSSR count). The number of carbonyl (C=O) groups excluding carboxylic acids is 1. The Morgan fingerprint density at radius 1 is 1.21 bits per heavy atom. The minimum absolute atomic E-state index is 0.161. The van der Waals surface area contributed by atoms with Crippen LogP contribution in [0.15, 0.2) is 36.7 Å². The molecule has 1 amide bonds. The lowest BCUT2D eigenvalue weighted by atomic mass is 10.2.